The quantitative estimate of drug-likeness (QED) is 0.0269. The SMILES string of the molecule is C=CC(=O)OCCOC(=O)NCCC(C)(C)CC(C)CNC(=O)C(C)(C)OC(C)CC(C)(CC)OC(=O)NCCC(C)(C)CC(C)CNC(=O)Nc1nc(C)cc(=O)[nH]1. The summed E-state index contributed by atoms with van der Waals surface area (Å²) in [4.78, 5) is 79.7. The summed E-state index contributed by atoms with van der Waals surface area (Å²) >= 11 is 0. The third kappa shape index (κ3) is 22.9. The van der Waals surface area contributed by atoms with Gasteiger partial charge in [0.1, 0.15) is 24.4 Å². The van der Waals surface area contributed by atoms with Gasteiger partial charge in [-0.2, -0.15) is 0 Å². The van der Waals surface area contributed by atoms with Crippen LogP contribution in [0.25, 0.3) is 0 Å². The number of H-pyrrole nitrogens is 1. The predicted octanol–water partition coefficient (Wildman–Crippen LogP) is 6.13. The van der Waals surface area contributed by atoms with Crippen molar-refractivity contribution in [1.82, 2.24) is 31.2 Å². The van der Waals surface area contributed by atoms with Crippen LogP contribution in [0.15, 0.2) is 23.5 Å². The largest absolute Gasteiger partial charge is 0.459 e. The van der Waals surface area contributed by atoms with Crippen molar-refractivity contribution in [1.29, 1.82) is 0 Å². The number of anilines is 1. The fraction of sp³-hybridized carbons (Fsp3) is 0.738. The molecule has 0 bridgehead atoms. The van der Waals surface area contributed by atoms with E-state index in [1.165, 1.54) is 6.07 Å². The van der Waals surface area contributed by atoms with E-state index in [9.17, 15) is 28.8 Å². The number of esters is 1. The molecule has 0 saturated carbocycles. The van der Waals surface area contributed by atoms with Gasteiger partial charge in [-0.3, -0.25) is 19.9 Å². The van der Waals surface area contributed by atoms with Gasteiger partial charge in [0.25, 0.3) is 11.5 Å². The van der Waals surface area contributed by atoms with Gasteiger partial charge in [0, 0.05) is 50.4 Å². The Kier molecular flexibility index (Phi) is 21.7. The number of hydrogen-bond donors (Lipinski definition) is 6. The average Bonchev–Trinajstić information content (AvgIpc) is 3.09. The molecule has 0 aliphatic carbocycles. The lowest BCUT2D eigenvalue weighted by Gasteiger charge is -2.35. The van der Waals surface area contributed by atoms with E-state index in [1.54, 1.807) is 20.8 Å². The van der Waals surface area contributed by atoms with Gasteiger partial charge in [-0.25, -0.2) is 24.2 Å². The zero-order chi connectivity index (χ0) is 45.0. The van der Waals surface area contributed by atoms with Crippen molar-refractivity contribution in [2.75, 3.05) is 44.7 Å². The molecule has 6 N–H and O–H groups in total. The van der Waals surface area contributed by atoms with Crippen LogP contribution in [0, 0.1) is 29.6 Å². The van der Waals surface area contributed by atoms with E-state index in [0.717, 1.165) is 18.9 Å². The third-order valence-corrected chi connectivity index (χ3v) is 9.84. The minimum atomic E-state index is -1.14. The van der Waals surface area contributed by atoms with Gasteiger partial charge in [-0.1, -0.05) is 55.0 Å². The highest BCUT2D eigenvalue weighted by Crippen LogP contribution is 2.30. The van der Waals surface area contributed by atoms with Crippen molar-refractivity contribution in [3.63, 3.8) is 0 Å². The van der Waals surface area contributed by atoms with Crippen molar-refractivity contribution in [3.8, 4) is 0 Å². The first kappa shape index (κ1) is 52.3. The standard InChI is InChI=1S/C42H73N7O10/c1-14-33(51)56-20-21-57-37(54)43-18-16-39(7,8)23-28(3)26-45-34(52)41(11,12)58-31(6)25-42(13,15-2)59-38(55)44-19-17-40(9,10)24-29(4)27-46-36(53)49-35-47-30(5)22-32(50)48-35/h14,22,28-29,31H,1,15-21,23-27H2,2-13H3,(H,43,54)(H,44,55)(H,45,52)(H3,46,47,48,49,50,53). The van der Waals surface area contributed by atoms with Gasteiger partial charge in [0.2, 0.25) is 5.95 Å². The van der Waals surface area contributed by atoms with E-state index >= 15 is 0 Å². The maximum atomic E-state index is 13.3. The number of rotatable bonds is 26. The zero-order valence-electron chi connectivity index (χ0n) is 37.6. The fourth-order valence-electron chi connectivity index (χ4n) is 6.89. The molecule has 59 heavy (non-hydrogen) atoms. The van der Waals surface area contributed by atoms with Crippen LogP contribution in [0.1, 0.15) is 120 Å². The Morgan fingerprint density at radius 1 is 0.814 bits per heavy atom. The number of urea groups is 1. The number of aromatic nitrogens is 2. The van der Waals surface area contributed by atoms with Crippen molar-refractivity contribution in [2.45, 2.75) is 139 Å². The molecule has 0 fully saturated rings. The molecule has 5 amide bonds. The highest BCUT2D eigenvalue weighted by atomic mass is 16.6. The van der Waals surface area contributed by atoms with Crippen LogP contribution in [-0.4, -0.2) is 96.8 Å². The summed E-state index contributed by atoms with van der Waals surface area (Å²) in [5.74, 6) is -0.468. The van der Waals surface area contributed by atoms with Crippen LogP contribution in [-0.2, 0) is 28.5 Å². The van der Waals surface area contributed by atoms with Crippen molar-refractivity contribution < 1.29 is 42.9 Å². The summed E-state index contributed by atoms with van der Waals surface area (Å²) in [6, 6.07) is 0.876. The summed E-state index contributed by atoms with van der Waals surface area (Å²) in [5.41, 5.74) is -2.10. The smallest absolute Gasteiger partial charge is 0.407 e. The molecular formula is C42H73N7O10. The molecule has 4 atom stereocenters. The van der Waals surface area contributed by atoms with E-state index in [0.29, 0.717) is 57.6 Å². The summed E-state index contributed by atoms with van der Waals surface area (Å²) in [7, 11) is 0. The lowest BCUT2D eigenvalue weighted by Crippen LogP contribution is -2.48. The maximum Gasteiger partial charge on any atom is 0.407 e. The number of nitrogens with one attached hydrogen (secondary N) is 6. The van der Waals surface area contributed by atoms with Gasteiger partial charge in [-0.15, -0.1) is 0 Å². The van der Waals surface area contributed by atoms with Gasteiger partial charge < -0.3 is 40.2 Å². The second kappa shape index (κ2) is 24.4. The molecule has 4 unspecified atom stereocenters. The molecule has 17 nitrogen and oxygen atoms in total. The molecule has 1 rings (SSSR count). The monoisotopic (exact) mass is 836 g/mol. The molecule has 0 aliphatic heterocycles. The first-order valence-electron chi connectivity index (χ1n) is 20.5. The van der Waals surface area contributed by atoms with Crippen LogP contribution in [0.4, 0.5) is 20.3 Å². The molecule has 0 aliphatic rings. The molecule has 0 spiro atoms. The first-order chi connectivity index (χ1) is 27.3. The average molecular weight is 836 g/mol. The Morgan fingerprint density at radius 2 is 1.36 bits per heavy atom. The second-order valence-electron chi connectivity index (χ2n) is 17.9. The highest BCUT2D eigenvalue weighted by molar-refractivity contribution is 5.87. The molecule has 17 heteroatoms. The molecular weight excluding hydrogens is 763 g/mol. The maximum absolute atomic E-state index is 13.3. The molecule has 1 heterocycles. The molecule has 0 saturated heterocycles. The normalized spacial score (nSPS) is 14.4. The Labute approximate surface area is 350 Å². The number of alkyl carbamates (subject to hydrolysis) is 2. The van der Waals surface area contributed by atoms with Gasteiger partial charge in [0.15, 0.2) is 0 Å². The summed E-state index contributed by atoms with van der Waals surface area (Å²) in [5, 5.41) is 14.0. The molecule has 0 radical (unpaired) electrons. The Hall–Kier alpha value is -4.67. The number of amides is 5. The number of carbonyl (C=O) groups excluding carboxylic acids is 5. The number of aryl methyl sites for hydroxylation is 1. The second-order valence-corrected chi connectivity index (χ2v) is 17.9. The lowest BCUT2D eigenvalue weighted by atomic mass is 9.80. The molecule has 336 valence electrons. The first-order valence-corrected chi connectivity index (χ1v) is 20.5. The predicted molar refractivity (Wildman–Crippen MR) is 227 cm³/mol. The highest BCUT2D eigenvalue weighted by Gasteiger charge is 2.36. The number of hydrogen-bond acceptors (Lipinski definition) is 11. The minimum absolute atomic E-state index is 0.0476. The fourth-order valence-corrected chi connectivity index (χ4v) is 6.89. The van der Waals surface area contributed by atoms with E-state index < -0.39 is 41.5 Å². The van der Waals surface area contributed by atoms with Crippen molar-refractivity contribution >= 4 is 36.0 Å². The van der Waals surface area contributed by atoms with E-state index in [-0.39, 0.29) is 53.3 Å². The molecule has 1 aromatic heterocycles. The Balaban J connectivity index is 2.46. The van der Waals surface area contributed by atoms with Crippen molar-refractivity contribution in [3.05, 3.63) is 34.8 Å². The number of ether oxygens (including phenoxy) is 4. The van der Waals surface area contributed by atoms with Crippen LogP contribution in [0.2, 0.25) is 0 Å². The Bertz CT molecular complexity index is 1600. The minimum Gasteiger partial charge on any atom is -0.459 e. The Morgan fingerprint density at radius 3 is 1.90 bits per heavy atom. The topological polar surface area (TPSA) is 228 Å². The van der Waals surface area contributed by atoms with Gasteiger partial charge >= 0.3 is 24.2 Å². The van der Waals surface area contributed by atoms with Crippen LogP contribution in [0.3, 0.4) is 0 Å². The summed E-state index contributed by atoms with van der Waals surface area (Å²) < 4.78 is 21.9. The summed E-state index contributed by atoms with van der Waals surface area (Å²) in [6.45, 7) is 28.1. The van der Waals surface area contributed by atoms with Crippen LogP contribution in [0.5, 0.6) is 0 Å². The van der Waals surface area contributed by atoms with Crippen LogP contribution >= 0.6 is 0 Å². The number of carbonyl (C=O) groups is 5. The molecule has 0 aromatic carbocycles. The van der Waals surface area contributed by atoms with E-state index in [1.807, 2.05) is 27.7 Å². The number of nitrogens with zero attached hydrogens (tertiary/aromatic N) is 1. The van der Waals surface area contributed by atoms with Crippen LogP contribution < -0.4 is 32.1 Å². The van der Waals surface area contributed by atoms with E-state index in [2.05, 4.69) is 77.7 Å². The van der Waals surface area contributed by atoms with Gasteiger partial charge in [-0.05, 0) is 89.4 Å². The van der Waals surface area contributed by atoms with Crippen molar-refractivity contribution in [2.24, 2.45) is 22.7 Å². The van der Waals surface area contributed by atoms with Gasteiger partial charge in [0.05, 0.1) is 6.10 Å². The zero-order valence-corrected chi connectivity index (χ0v) is 37.6. The summed E-state index contributed by atoms with van der Waals surface area (Å²) in [6.07, 6.45) is 3.38. The third-order valence-electron chi connectivity index (χ3n) is 9.84. The van der Waals surface area contributed by atoms with E-state index in [4.69, 9.17) is 18.9 Å². The number of aromatic amines is 1. The lowest BCUT2D eigenvalue weighted by molar-refractivity contribution is -0.153. The molecule has 1 aromatic rings.